The maximum Gasteiger partial charge on any atom is 0.411 e. The first-order valence-corrected chi connectivity index (χ1v) is 9.47. The number of benzene rings is 2. The molecular weight excluding hydrogens is 338 g/mol. The van der Waals surface area contributed by atoms with Crippen LogP contribution in [0, 0.1) is 13.8 Å². The molecular formula is C23H25NO3. The lowest BCUT2D eigenvalue weighted by Gasteiger charge is -2.43. The van der Waals surface area contributed by atoms with E-state index in [0.29, 0.717) is 19.8 Å². The van der Waals surface area contributed by atoms with Crippen LogP contribution in [-0.4, -0.2) is 36.3 Å². The molecule has 2 aliphatic heterocycles. The number of fused-ring (bicyclic) bond motifs is 2. The number of carbonyl (C=O) groups excluding carboxylic acids is 1. The molecule has 2 heterocycles. The minimum Gasteiger partial charge on any atom is -0.445 e. The highest BCUT2D eigenvalue weighted by atomic mass is 16.6. The van der Waals surface area contributed by atoms with Crippen LogP contribution in [0.15, 0.2) is 54.6 Å². The molecule has 27 heavy (non-hydrogen) atoms. The number of hydrogen-bond acceptors (Lipinski definition) is 3. The van der Waals surface area contributed by atoms with E-state index in [0.717, 1.165) is 12.0 Å². The number of aryl methyl sites for hydroxylation is 2. The Morgan fingerprint density at radius 3 is 2.67 bits per heavy atom. The van der Waals surface area contributed by atoms with E-state index >= 15 is 0 Å². The van der Waals surface area contributed by atoms with Gasteiger partial charge in [0.2, 0.25) is 0 Å². The molecule has 2 bridgehead atoms. The van der Waals surface area contributed by atoms with Gasteiger partial charge < -0.3 is 9.47 Å². The Hall–Kier alpha value is -2.59. The first-order chi connectivity index (χ1) is 13.1. The molecule has 140 valence electrons. The fourth-order valence-electron chi connectivity index (χ4n) is 3.83. The van der Waals surface area contributed by atoms with Gasteiger partial charge in [-0.25, -0.2) is 4.79 Å². The number of morpholine rings is 1. The van der Waals surface area contributed by atoms with Crippen LogP contribution in [-0.2, 0) is 16.1 Å². The largest absolute Gasteiger partial charge is 0.445 e. The average molecular weight is 363 g/mol. The van der Waals surface area contributed by atoms with E-state index in [1.807, 2.05) is 35.2 Å². The highest BCUT2D eigenvalue weighted by molar-refractivity contribution is 5.75. The monoisotopic (exact) mass is 363 g/mol. The van der Waals surface area contributed by atoms with Gasteiger partial charge in [-0.15, -0.1) is 0 Å². The predicted molar refractivity (Wildman–Crippen MR) is 105 cm³/mol. The molecule has 1 amide bonds. The second-order valence-electron chi connectivity index (χ2n) is 7.40. The maximum atomic E-state index is 12.7. The average Bonchev–Trinajstić information content (AvgIpc) is 2.68. The molecule has 0 radical (unpaired) electrons. The SMILES string of the molecule is Cc1ccc(C2=CC3COCC(C2)N3C(=O)OCc2ccccc2)cc1C. The van der Waals surface area contributed by atoms with E-state index in [-0.39, 0.29) is 18.2 Å². The van der Waals surface area contributed by atoms with Crippen molar-refractivity contribution in [2.24, 2.45) is 0 Å². The number of rotatable bonds is 3. The second kappa shape index (κ2) is 7.57. The summed E-state index contributed by atoms with van der Waals surface area (Å²) in [4.78, 5) is 14.6. The Balaban J connectivity index is 1.51. The molecule has 2 aromatic carbocycles. The Morgan fingerprint density at radius 2 is 1.93 bits per heavy atom. The third-order valence-corrected chi connectivity index (χ3v) is 5.49. The van der Waals surface area contributed by atoms with E-state index in [4.69, 9.17) is 9.47 Å². The van der Waals surface area contributed by atoms with Gasteiger partial charge in [-0.3, -0.25) is 4.90 Å². The van der Waals surface area contributed by atoms with Crippen LogP contribution in [0.5, 0.6) is 0 Å². The van der Waals surface area contributed by atoms with Crippen molar-refractivity contribution in [2.75, 3.05) is 13.2 Å². The summed E-state index contributed by atoms with van der Waals surface area (Å²) in [5.41, 5.74) is 6.12. The predicted octanol–water partition coefficient (Wildman–Crippen LogP) is 4.50. The zero-order chi connectivity index (χ0) is 18.8. The van der Waals surface area contributed by atoms with Crippen LogP contribution in [0.25, 0.3) is 5.57 Å². The van der Waals surface area contributed by atoms with Gasteiger partial charge >= 0.3 is 6.09 Å². The zero-order valence-electron chi connectivity index (χ0n) is 15.9. The molecule has 2 unspecified atom stereocenters. The molecule has 0 aliphatic carbocycles. The first-order valence-electron chi connectivity index (χ1n) is 9.47. The van der Waals surface area contributed by atoms with Crippen molar-refractivity contribution in [3.05, 3.63) is 76.9 Å². The van der Waals surface area contributed by atoms with Crippen molar-refractivity contribution >= 4 is 11.7 Å². The molecule has 0 spiro atoms. The summed E-state index contributed by atoms with van der Waals surface area (Å²) in [5.74, 6) is 0. The minimum atomic E-state index is -0.257. The number of amides is 1. The Kier molecular flexibility index (Phi) is 4.99. The maximum absolute atomic E-state index is 12.7. The molecule has 4 nitrogen and oxygen atoms in total. The fourth-order valence-corrected chi connectivity index (χ4v) is 3.83. The minimum absolute atomic E-state index is 0.0219. The Labute approximate surface area is 160 Å². The normalized spacial score (nSPS) is 21.6. The van der Waals surface area contributed by atoms with Gasteiger partial charge in [-0.05, 0) is 48.1 Å². The van der Waals surface area contributed by atoms with Crippen molar-refractivity contribution in [2.45, 2.75) is 39.0 Å². The number of hydrogen-bond donors (Lipinski definition) is 0. The summed E-state index contributed by atoms with van der Waals surface area (Å²) < 4.78 is 11.3. The number of carbonyl (C=O) groups is 1. The van der Waals surface area contributed by atoms with Crippen LogP contribution >= 0.6 is 0 Å². The summed E-state index contributed by atoms with van der Waals surface area (Å²) in [6.07, 6.45) is 2.70. The van der Waals surface area contributed by atoms with E-state index in [9.17, 15) is 4.79 Å². The molecule has 2 atom stereocenters. The number of ether oxygens (including phenoxy) is 2. The molecule has 4 rings (SSSR count). The number of nitrogens with zero attached hydrogens (tertiary/aromatic N) is 1. The standard InChI is InChI=1S/C23H25NO3/c1-16-8-9-19(10-17(16)2)20-11-21-14-26-15-22(12-20)24(21)23(25)27-13-18-6-4-3-5-7-18/h3-11,21-22H,12-15H2,1-2H3. The van der Waals surface area contributed by atoms with Crippen molar-refractivity contribution in [3.63, 3.8) is 0 Å². The van der Waals surface area contributed by atoms with Crippen LogP contribution in [0.4, 0.5) is 4.79 Å². The topological polar surface area (TPSA) is 38.8 Å². The molecule has 1 saturated heterocycles. The second-order valence-corrected chi connectivity index (χ2v) is 7.40. The van der Waals surface area contributed by atoms with Crippen LogP contribution in [0.3, 0.4) is 0 Å². The van der Waals surface area contributed by atoms with Gasteiger partial charge in [0.05, 0.1) is 25.3 Å². The van der Waals surface area contributed by atoms with E-state index in [1.165, 1.54) is 22.3 Å². The molecule has 4 heteroatoms. The lowest BCUT2D eigenvalue weighted by molar-refractivity contribution is -0.0342. The van der Waals surface area contributed by atoms with Crippen molar-refractivity contribution in [3.8, 4) is 0 Å². The van der Waals surface area contributed by atoms with Gasteiger partial charge in [0, 0.05) is 0 Å². The van der Waals surface area contributed by atoms with Crippen molar-refractivity contribution in [1.82, 2.24) is 4.90 Å². The molecule has 1 fully saturated rings. The van der Waals surface area contributed by atoms with Gasteiger partial charge in [-0.1, -0.05) is 54.6 Å². The zero-order valence-corrected chi connectivity index (χ0v) is 15.9. The van der Waals surface area contributed by atoms with Crippen LogP contribution in [0.2, 0.25) is 0 Å². The molecule has 0 N–H and O–H groups in total. The van der Waals surface area contributed by atoms with Crippen molar-refractivity contribution < 1.29 is 14.3 Å². The summed E-state index contributed by atoms with van der Waals surface area (Å²) in [7, 11) is 0. The van der Waals surface area contributed by atoms with Gasteiger partial charge in [0.15, 0.2) is 0 Å². The molecule has 2 aromatic rings. The van der Waals surface area contributed by atoms with E-state index < -0.39 is 0 Å². The molecule has 0 saturated carbocycles. The Morgan fingerprint density at radius 1 is 1.11 bits per heavy atom. The molecule has 0 aromatic heterocycles. The highest BCUT2D eigenvalue weighted by Gasteiger charge is 2.39. The summed E-state index contributed by atoms with van der Waals surface area (Å²) in [5, 5.41) is 0. The highest BCUT2D eigenvalue weighted by Crippen LogP contribution is 2.33. The third kappa shape index (κ3) is 3.76. The summed E-state index contributed by atoms with van der Waals surface area (Å²) >= 11 is 0. The summed E-state index contributed by atoms with van der Waals surface area (Å²) in [6.45, 7) is 5.63. The van der Waals surface area contributed by atoms with Gasteiger partial charge in [-0.2, -0.15) is 0 Å². The first kappa shape index (κ1) is 17.8. The van der Waals surface area contributed by atoms with E-state index in [2.05, 4.69) is 38.1 Å². The summed E-state index contributed by atoms with van der Waals surface area (Å²) in [6, 6.07) is 16.3. The van der Waals surface area contributed by atoms with E-state index in [1.54, 1.807) is 0 Å². The van der Waals surface area contributed by atoms with Gasteiger partial charge in [0.1, 0.15) is 6.61 Å². The lowest BCUT2D eigenvalue weighted by atomic mass is 9.89. The quantitative estimate of drug-likeness (QED) is 0.806. The third-order valence-electron chi connectivity index (χ3n) is 5.49. The van der Waals surface area contributed by atoms with Crippen LogP contribution < -0.4 is 0 Å². The van der Waals surface area contributed by atoms with Crippen molar-refractivity contribution in [1.29, 1.82) is 0 Å². The van der Waals surface area contributed by atoms with Gasteiger partial charge in [0.25, 0.3) is 0 Å². The fraction of sp³-hybridized carbons (Fsp3) is 0.348. The molecule has 2 aliphatic rings. The lowest BCUT2D eigenvalue weighted by Crippen LogP contribution is -2.56. The smallest absolute Gasteiger partial charge is 0.411 e. The Bertz CT molecular complexity index is 859. The van der Waals surface area contributed by atoms with Crippen LogP contribution in [0.1, 0.15) is 28.7 Å².